The molecule has 0 aliphatic rings. The van der Waals surface area contributed by atoms with E-state index in [9.17, 15) is 4.79 Å². The topological polar surface area (TPSA) is 73.3 Å². The highest BCUT2D eigenvalue weighted by Gasteiger charge is 2.18. The minimum Gasteiger partial charge on any atom is -0.493 e. The largest absolute Gasteiger partial charge is 0.493 e. The van der Waals surface area contributed by atoms with Gasteiger partial charge in [-0.05, 0) is 19.1 Å². The molecule has 0 fully saturated rings. The highest BCUT2D eigenvalue weighted by molar-refractivity contribution is 8.01. The van der Waals surface area contributed by atoms with Gasteiger partial charge in [0.2, 0.25) is 5.13 Å². The molecule has 2 aromatic rings. The van der Waals surface area contributed by atoms with Gasteiger partial charge in [-0.2, -0.15) is 0 Å². The Bertz CT molecular complexity index is 675. The molecule has 0 unspecified atom stereocenters. The number of anilines is 1. The number of rotatable bonds is 8. The van der Waals surface area contributed by atoms with E-state index in [0.717, 1.165) is 10.1 Å². The van der Waals surface area contributed by atoms with E-state index in [1.807, 2.05) is 12.1 Å². The van der Waals surface area contributed by atoms with Crippen LogP contribution in [0.3, 0.4) is 0 Å². The van der Waals surface area contributed by atoms with E-state index in [1.54, 1.807) is 32.2 Å². The molecule has 1 N–H and O–H groups in total. The monoisotopic (exact) mass is 351 g/mol. The highest BCUT2D eigenvalue weighted by atomic mass is 32.2. The second kappa shape index (κ2) is 8.54. The maximum Gasteiger partial charge on any atom is 0.266 e. The van der Waals surface area contributed by atoms with E-state index in [1.165, 1.54) is 23.1 Å². The van der Waals surface area contributed by atoms with Crippen LogP contribution in [0.2, 0.25) is 0 Å². The zero-order chi connectivity index (χ0) is 16.7. The van der Waals surface area contributed by atoms with Gasteiger partial charge in [0.25, 0.3) is 5.91 Å². The van der Waals surface area contributed by atoms with Crippen LogP contribution >= 0.6 is 23.1 Å². The van der Waals surface area contributed by atoms with Crippen molar-refractivity contribution in [2.24, 2.45) is 0 Å². The predicted molar refractivity (Wildman–Crippen MR) is 92.5 cm³/mol. The first-order valence-corrected chi connectivity index (χ1v) is 8.62. The summed E-state index contributed by atoms with van der Waals surface area (Å²) in [5.74, 6) is 1.53. The average Bonchev–Trinajstić information content (AvgIpc) is 3.00. The number of aromatic nitrogens is 2. The first kappa shape index (κ1) is 17.3. The predicted octanol–water partition coefficient (Wildman–Crippen LogP) is 3.23. The van der Waals surface area contributed by atoms with Crippen LogP contribution in [0.4, 0.5) is 5.13 Å². The fourth-order valence-corrected chi connectivity index (χ4v) is 3.13. The molecule has 0 saturated carbocycles. The van der Waals surface area contributed by atoms with Gasteiger partial charge in [0.15, 0.2) is 21.9 Å². The van der Waals surface area contributed by atoms with Gasteiger partial charge in [0, 0.05) is 5.75 Å². The minimum atomic E-state index is -0.695. The van der Waals surface area contributed by atoms with Gasteiger partial charge in [-0.3, -0.25) is 10.1 Å². The summed E-state index contributed by atoms with van der Waals surface area (Å²) in [5.41, 5.74) is 0. The number of thioether (sulfide) groups is 1. The first-order chi connectivity index (χ1) is 11.1. The SMILES string of the molecule is C=CCSc1nnc(NC(=O)[C@H](C)Oc2ccccc2OC)s1. The zero-order valence-electron chi connectivity index (χ0n) is 12.8. The summed E-state index contributed by atoms with van der Waals surface area (Å²) in [6.45, 7) is 5.31. The molecule has 8 heteroatoms. The molecule has 6 nitrogen and oxygen atoms in total. The summed E-state index contributed by atoms with van der Waals surface area (Å²) < 4.78 is 11.6. The van der Waals surface area contributed by atoms with Gasteiger partial charge in [-0.1, -0.05) is 41.3 Å². The van der Waals surface area contributed by atoms with E-state index >= 15 is 0 Å². The number of carbonyl (C=O) groups is 1. The molecule has 0 spiro atoms. The van der Waals surface area contributed by atoms with Crippen molar-refractivity contribution in [3.8, 4) is 11.5 Å². The normalized spacial score (nSPS) is 11.6. The summed E-state index contributed by atoms with van der Waals surface area (Å²) in [7, 11) is 1.55. The van der Waals surface area contributed by atoms with Gasteiger partial charge >= 0.3 is 0 Å². The summed E-state index contributed by atoms with van der Waals surface area (Å²) >= 11 is 2.83. The number of hydrogen-bond acceptors (Lipinski definition) is 7. The second-order valence-electron chi connectivity index (χ2n) is 4.37. The summed E-state index contributed by atoms with van der Waals surface area (Å²) in [4.78, 5) is 12.2. The van der Waals surface area contributed by atoms with Crippen molar-refractivity contribution >= 4 is 34.1 Å². The zero-order valence-corrected chi connectivity index (χ0v) is 14.4. The van der Waals surface area contributed by atoms with Crippen molar-refractivity contribution in [2.75, 3.05) is 18.2 Å². The Hall–Kier alpha value is -2.06. The Kier molecular flexibility index (Phi) is 6.42. The van der Waals surface area contributed by atoms with E-state index in [0.29, 0.717) is 16.6 Å². The number of nitrogens with zero attached hydrogens (tertiary/aromatic N) is 2. The molecule has 1 aromatic heterocycles. The number of methoxy groups -OCH3 is 1. The van der Waals surface area contributed by atoms with Gasteiger partial charge in [0.05, 0.1) is 7.11 Å². The smallest absolute Gasteiger partial charge is 0.266 e. The molecule has 23 heavy (non-hydrogen) atoms. The fraction of sp³-hybridized carbons (Fsp3) is 0.267. The molecule has 1 heterocycles. The number of ether oxygens (including phenoxy) is 2. The Morgan fingerprint density at radius 3 is 2.87 bits per heavy atom. The van der Waals surface area contributed by atoms with Crippen molar-refractivity contribution < 1.29 is 14.3 Å². The minimum absolute atomic E-state index is 0.299. The van der Waals surface area contributed by atoms with Crippen LogP contribution in [-0.2, 0) is 4.79 Å². The van der Waals surface area contributed by atoms with Crippen molar-refractivity contribution in [1.82, 2.24) is 10.2 Å². The lowest BCUT2D eigenvalue weighted by Crippen LogP contribution is -2.30. The van der Waals surface area contributed by atoms with E-state index in [-0.39, 0.29) is 5.91 Å². The summed E-state index contributed by atoms with van der Waals surface area (Å²) in [6, 6.07) is 7.17. The molecular weight excluding hydrogens is 334 g/mol. The van der Waals surface area contributed by atoms with Crippen molar-refractivity contribution in [3.63, 3.8) is 0 Å². The number of nitrogens with one attached hydrogen (secondary N) is 1. The maximum atomic E-state index is 12.2. The van der Waals surface area contributed by atoms with Crippen LogP contribution < -0.4 is 14.8 Å². The third kappa shape index (κ3) is 4.97. The molecule has 0 aliphatic carbocycles. The van der Waals surface area contributed by atoms with Crippen LogP contribution in [0.5, 0.6) is 11.5 Å². The van der Waals surface area contributed by atoms with Crippen molar-refractivity contribution in [3.05, 3.63) is 36.9 Å². The maximum absolute atomic E-state index is 12.2. The molecular formula is C15H17N3O3S2. The molecule has 0 aliphatic heterocycles. The number of benzene rings is 1. The molecule has 1 amide bonds. The van der Waals surface area contributed by atoms with Crippen LogP contribution in [-0.4, -0.2) is 35.1 Å². The third-order valence-electron chi connectivity index (χ3n) is 2.70. The Labute approximate surface area is 142 Å². The Morgan fingerprint density at radius 1 is 1.43 bits per heavy atom. The van der Waals surface area contributed by atoms with Crippen LogP contribution in [0.15, 0.2) is 41.3 Å². The van der Waals surface area contributed by atoms with Crippen LogP contribution in [0.25, 0.3) is 0 Å². The Morgan fingerprint density at radius 2 is 2.17 bits per heavy atom. The molecule has 1 atom stereocenters. The van der Waals surface area contributed by atoms with Crippen LogP contribution in [0.1, 0.15) is 6.92 Å². The molecule has 2 rings (SSSR count). The quantitative estimate of drug-likeness (QED) is 0.447. The van der Waals surface area contributed by atoms with Crippen LogP contribution in [0, 0.1) is 0 Å². The highest BCUT2D eigenvalue weighted by Crippen LogP contribution is 2.28. The first-order valence-electron chi connectivity index (χ1n) is 6.81. The molecule has 0 radical (unpaired) electrons. The van der Waals surface area contributed by atoms with Gasteiger partial charge in [-0.15, -0.1) is 16.8 Å². The third-order valence-corrected chi connectivity index (χ3v) is 4.67. The van der Waals surface area contributed by atoms with E-state index in [2.05, 4.69) is 22.1 Å². The molecule has 0 bridgehead atoms. The average molecular weight is 351 g/mol. The van der Waals surface area contributed by atoms with E-state index < -0.39 is 6.10 Å². The molecule has 122 valence electrons. The fourth-order valence-electron chi connectivity index (χ4n) is 1.62. The standard InChI is InChI=1S/C15H17N3O3S2/c1-4-9-22-15-18-17-14(23-15)16-13(19)10(2)21-12-8-6-5-7-11(12)20-3/h4-8,10H,1,9H2,2-3H3,(H,16,17,19)/t10-/m0/s1. The number of hydrogen-bond donors (Lipinski definition) is 1. The number of para-hydroxylation sites is 2. The second-order valence-corrected chi connectivity index (χ2v) is 6.62. The van der Waals surface area contributed by atoms with Gasteiger partial charge < -0.3 is 9.47 Å². The summed E-state index contributed by atoms with van der Waals surface area (Å²) in [6.07, 6.45) is 1.09. The van der Waals surface area contributed by atoms with E-state index in [4.69, 9.17) is 9.47 Å². The lowest BCUT2D eigenvalue weighted by molar-refractivity contribution is -0.122. The van der Waals surface area contributed by atoms with Gasteiger partial charge in [0.1, 0.15) is 0 Å². The molecule has 0 saturated heterocycles. The van der Waals surface area contributed by atoms with Gasteiger partial charge in [-0.25, -0.2) is 0 Å². The van der Waals surface area contributed by atoms with Crippen molar-refractivity contribution in [1.29, 1.82) is 0 Å². The summed E-state index contributed by atoms with van der Waals surface area (Å²) in [5, 5.41) is 11.1. The number of amides is 1. The Balaban J connectivity index is 1.94. The molecule has 1 aromatic carbocycles. The van der Waals surface area contributed by atoms with Crippen molar-refractivity contribution in [2.45, 2.75) is 17.4 Å². The lowest BCUT2D eigenvalue weighted by Gasteiger charge is -2.15. The number of carbonyl (C=O) groups excluding carboxylic acids is 1. The lowest BCUT2D eigenvalue weighted by atomic mass is 10.3.